The van der Waals surface area contributed by atoms with Crippen molar-refractivity contribution in [2.75, 3.05) is 13.6 Å². The maximum absolute atomic E-state index is 5.81. The first-order valence-electron chi connectivity index (χ1n) is 5.61. The third-order valence-corrected chi connectivity index (χ3v) is 3.33. The number of benzene rings is 1. The largest absolute Gasteiger partial charge is 0.370 e. The van der Waals surface area contributed by atoms with E-state index < -0.39 is 0 Å². The molecule has 1 unspecified atom stereocenters. The summed E-state index contributed by atoms with van der Waals surface area (Å²) in [6.07, 6.45) is 0. The van der Waals surface area contributed by atoms with Crippen LogP contribution >= 0.6 is 0 Å². The van der Waals surface area contributed by atoms with Gasteiger partial charge in [-0.2, -0.15) is 0 Å². The Morgan fingerprint density at radius 2 is 1.81 bits per heavy atom. The van der Waals surface area contributed by atoms with E-state index in [0.29, 0.717) is 12.0 Å². The number of nitrogens with two attached hydrogens (primary N) is 1. The molecular weight excluding hydrogens is 198 g/mol. The van der Waals surface area contributed by atoms with Gasteiger partial charge in [-0.05, 0) is 37.5 Å². The lowest BCUT2D eigenvalue weighted by molar-refractivity contribution is 0.411. The lowest BCUT2D eigenvalue weighted by atomic mass is 9.94. The highest BCUT2D eigenvalue weighted by Gasteiger charge is 2.26. The Hall–Kier alpha value is -1.51. The zero-order valence-corrected chi connectivity index (χ0v) is 10.4. The average Bonchev–Trinajstić information content (AvgIpc) is 2.48. The molecule has 2 N–H and O–H groups in total. The van der Waals surface area contributed by atoms with E-state index in [9.17, 15) is 0 Å². The first kappa shape index (κ1) is 11.0. The van der Waals surface area contributed by atoms with Crippen LogP contribution in [-0.4, -0.2) is 24.5 Å². The summed E-state index contributed by atoms with van der Waals surface area (Å²) in [5, 5.41) is 0. The van der Waals surface area contributed by atoms with E-state index in [4.69, 9.17) is 5.73 Å². The maximum Gasteiger partial charge on any atom is 0.191 e. The number of nitrogens with zero attached hydrogens (tertiary/aromatic N) is 2. The van der Waals surface area contributed by atoms with Gasteiger partial charge in [-0.3, -0.25) is 4.99 Å². The standard InChI is InChI=1S/C13H19N3/c1-8-5-9(2)12(10(3)6-8)11-7-15-13(14)16(11)4/h5-6,11H,7H2,1-4H3,(H2,14,15). The van der Waals surface area contributed by atoms with Crippen molar-refractivity contribution in [3.63, 3.8) is 0 Å². The summed E-state index contributed by atoms with van der Waals surface area (Å²) in [5.41, 5.74) is 11.2. The van der Waals surface area contributed by atoms with Crippen LogP contribution in [0.5, 0.6) is 0 Å². The van der Waals surface area contributed by atoms with Crippen molar-refractivity contribution in [3.8, 4) is 0 Å². The van der Waals surface area contributed by atoms with E-state index in [1.807, 2.05) is 7.05 Å². The summed E-state index contributed by atoms with van der Waals surface area (Å²) in [6, 6.07) is 4.76. The minimum Gasteiger partial charge on any atom is -0.370 e. The van der Waals surface area contributed by atoms with Gasteiger partial charge in [0, 0.05) is 7.05 Å². The first-order chi connectivity index (χ1) is 7.50. The van der Waals surface area contributed by atoms with E-state index >= 15 is 0 Å². The lowest BCUT2D eigenvalue weighted by Crippen LogP contribution is -2.32. The second kappa shape index (κ2) is 3.81. The van der Waals surface area contributed by atoms with Crippen LogP contribution in [0.1, 0.15) is 28.3 Å². The minimum absolute atomic E-state index is 0.306. The van der Waals surface area contributed by atoms with Gasteiger partial charge >= 0.3 is 0 Å². The maximum atomic E-state index is 5.81. The molecule has 0 spiro atoms. The molecule has 2 rings (SSSR count). The molecule has 0 bridgehead atoms. The highest BCUT2D eigenvalue weighted by atomic mass is 15.3. The Morgan fingerprint density at radius 3 is 2.25 bits per heavy atom. The molecule has 86 valence electrons. The molecular formula is C13H19N3. The van der Waals surface area contributed by atoms with E-state index in [2.05, 4.69) is 42.8 Å². The number of hydrogen-bond donors (Lipinski definition) is 1. The molecule has 1 aromatic carbocycles. The summed E-state index contributed by atoms with van der Waals surface area (Å²) in [7, 11) is 2.01. The van der Waals surface area contributed by atoms with Crippen molar-refractivity contribution >= 4 is 5.96 Å². The number of aliphatic imine (C=N–C) groups is 1. The summed E-state index contributed by atoms with van der Waals surface area (Å²) >= 11 is 0. The molecule has 16 heavy (non-hydrogen) atoms. The van der Waals surface area contributed by atoms with Crippen molar-refractivity contribution < 1.29 is 0 Å². The van der Waals surface area contributed by atoms with Gasteiger partial charge in [-0.1, -0.05) is 17.7 Å². The van der Waals surface area contributed by atoms with Gasteiger partial charge in [-0.25, -0.2) is 0 Å². The van der Waals surface area contributed by atoms with Gasteiger partial charge in [0.2, 0.25) is 0 Å². The van der Waals surface area contributed by atoms with Crippen molar-refractivity contribution in [2.24, 2.45) is 10.7 Å². The SMILES string of the molecule is Cc1cc(C)c(C2CN=C(N)N2C)c(C)c1. The van der Waals surface area contributed by atoms with Crippen LogP contribution in [0.3, 0.4) is 0 Å². The van der Waals surface area contributed by atoms with Crippen LogP contribution in [0.15, 0.2) is 17.1 Å². The molecule has 0 radical (unpaired) electrons. The lowest BCUT2D eigenvalue weighted by Gasteiger charge is -2.25. The highest BCUT2D eigenvalue weighted by molar-refractivity contribution is 5.80. The molecule has 1 aromatic rings. The molecule has 0 amide bonds. The Labute approximate surface area is 97.0 Å². The van der Waals surface area contributed by atoms with Crippen molar-refractivity contribution in [1.29, 1.82) is 0 Å². The highest BCUT2D eigenvalue weighted by Crippen LogP contribution is 2.30. The molecule has 1 aliphatic heterocycles. The second-order valence-electron chi connectivity index (χ2n) is 4.64. The predicted octanol–water partition coefficient (Wildman–Crippen LogP) is 1.91. The zero-order chi connectivity index (χ0) is 11.9. The Bertz CT molecular complexity index is 425. The van der Waals surface area contributed by atoms with Gasteiger partial charge in [0.1, 0.15) is 0 Å². The van der Waals surface area contributed by atoms with Gasteiger partial charge in [0.15, 0.2) is 5.96 Å². The van der Waals surface area contributed by atoms with Crippen molar-refractivity contribution in [3.05, 3.63) is 34.4 Å². The summed E-state index contributed by atoms with van der Waals surface area (Å²) < 4.78 is 0. The molecule has 3 nitrogen and oxygen atoms in total. The number of rotatable bonds is 1. The Balaban J connectivity index is 2.43. The Morgan fingerprint density at radius 1 is 1.25 bits per heavy atom. The van der Waals surface area contributed by atoms with Crippen molar-refractivity contribution in [1.82, 2.24) is 4.90 Å². The number of aryl methyl sites for hydroxylation is 3. The topological polar surface area (TPSA) is 41.6 Å². The summed E-state index contributed by atoms with van der Waals surface area (Å²) in [4.78, 5) is 6.36. The third kappa shape index (κ3) is 1.66. The molecule has 0 aliphatic carbocycles. The fourth-order valence-corrected chi connectivity index (χ4v) is 2.58. The summed E-state index contributed by atoms with van der Waals surface area (Å²) in [6.45, 7) is 7.23. The third-order valence-electron chi connectivity index (χ3n) is 3.33. The number of guanidine groups is 1. The quantitative estimate of drug-likeness (QED) is 0.780. The van der Waals surface area contributed by atoms with Crippen LogP contribution in [0.4, 0.5) is 0 Å². The smallest absolute Gasteiger partial charge is 0.191 e. The zero-order valence-electron chi connectivity index (χ0n) is 10.4. The molecule has 3 heteroatoms. The van der Waals surface area contributed by atoms with Gasteiger partial charge < -0.3 is 10.6 Å². The van der Waals surface area contributed by atoms with Crippen LogP contribution in [0.25, 0.3) is 0 Å². The number of hydrogen-bond acceptors (Lipinski definition) is 3. The van der Waals surface area contributed by atoms with Crippen LogP contribution in [-0.2, 0) is 0 Å². The molecule has 0 aromatic heterocycles. The van der Waals surface area contributed by atoms with E-state index in [1.54, 1.807) is 0 Å². The normalized spacial score (nSPS) is 20.1. The molecule has 1 aliphatic rings. The molecule has 1 atom stereocenters. The van der Waals surface area contributed by atoms with Crippen LogP contribution in [0.2, 0.25) is 0 Å². The molecule has 0 saturated heterocycles. The van der Waals surface area contributed by atoms with Gasteiger partial charge in [0.25, 0.3) is 0 Å². The van der Waals surface area contributed by atoms with E-state index in [1.165, 1.54) is 22.3 Å². The monoisotopic (exact) mass is 217 g/mol. The molecule has 0 fully saturated rings. The fourth-order valence-electron chi connectivity index (χ4n) is 2.58. The molecule has 0 saturated carbocycles. The summed E-state index contributed by atoms with van der Waals surface area (Å²) in [5.74, 6) is 0.643. The molecule has 1 heterocycles. The average molecular weight is 217 g/mol. The van der Waals surface area contributed by atoms with E-state index in [0.717, 1.165) is 6.54 Å². The fraction of sp³-hybridized carbons (Fsp3) is 0.462. The predicted molar refractivity (Wildman–Crippen MR) is 67.6 cm³/mol. The van der Waals surface area contributed by atoms with Gasteiger partial charge in [0.05, 0.1) is 12.6 Å². The van der Waals surface area contributed by atoms with E-state index in [-0.39, 0.29) is 0 Å². The second-order valence-corrected chi connectivity index (χ2v) is 4.64. The minimum atomic E-state index is 0.306. The van der Waals surface area contributed by atoms with Crippen molar-refractivity contribution in [2.45, 2.75) is 26.8 Å². The first-order valence-corrected chi connectivity index (χ1v) is 5.61. The Kier molecular flexibility index (Phi) is 2.62. The van der Waals surface area contributed by atoms with Crippen LogP contribution < -0.4 is 5.73 Å². The van der Waals surface area contributed by atoms with Crippen LogP contribution in [0, 0.1) is 20.8 Å². The number of likely N-dealkylation sites (N-methyl/N-ethyl adjacent to an activating group) is 1. The van der Waals surface area contributed by atoms with Gasteiger partial charge in [-0.15, -0.1) is 0 Å².